The van der Waals surface area contributed by atoms with Gasteiger partial charge in [0, 0.05) is 19.8 Å². The molecule has 2 rings (SSSR count). The van der Waals surface area contributed by atoms with E-state index in [-0.39, 0.29) is 0 Å². The van der Waals surface area contributed by atoms with E-state index in [9.17, 15) is 4.79 Å². The Bertz CT molecular complexity index is 353. The highest BCUT2D eigenvalue weighted by Crippen LogP contribution is 2.14. The van der Waals surface area contributed by atoms with Gasteiger partial charge in [0.05, 0.1) is 0 Å². The molecule has 1 fully saturated rings. The fourth-order valence-corrected chi connectivity index (χ4v) is 1.73. The first-order valence-electron chi connectivity index (χ1n) is 4.78. The fraction of sp³-hybridized carbons (Fsp3) is 0.500. The van der Waals surface area contributed by atoms with Gasteiger partial charge in [0.25, 0.3) is 0 Å². The van der Waals surface area contributed by atoms with E-state index in [1.54, 1.807) is 17.7 Å². The number of nitrogens with zero attached hydrogens (tertiary/aromatic N) is 2. The monoisotopic (exact) mass is 194 g/mol. The molecule has 0 amide bonds. The second-order valence-electron chi connectivity index (χ2n) is 3.78. The summed E-state index contributed by atoms with van der Waals surface area (Å²) in [7, 11) is 1.77. The van der Waals surface area contributed by atoms with Crippen LogP contribution in [0.25, 0.3) is 0 Å². The van der Waals surface area contributed by atoms with Crippen molar-refractivity contribution >= 4 is 5.97 Å². The highest BCUT2D eigenvalue weighted by molar-refractivity contribution is 5.86. The molecule has 1 aliphatic rings. The first-order chi connectivity index (χ1) is 6.66. The van der Waals surface area contributed by atoms with Crippen molar-refractivity contribution in [1.29, 1.82) is 0 Å². The van der Waals surface area contributed by atoms with Gasteiger partial charge in [-0.2, -0.15) is 0 Å². The largest absolute Gasteiger partial charge is 0.477 e. The lowest BCUT2D eigenvalue weighted by Gasteiger charge is -2.30. The second-order valence-corrected chi connectivity index (χ2v) is 3.78. The molecular formula is C10H14N2O2. The molecule has 14 heavy (non-hydrogen) atoms. The Morgan fingerprint density at radius 1 is 1.57 bits per heavy atom. The van der Waals surface area contributed by atoms with Crippen molar-refractivity contribution in [2.75, 3.05) is 13.1 Å². The molecule has 0 unspecified atom stereocenters. The van der Waals surface area contributed by atoms with Crippen LogP contribution in [0.3, 0.4) is 0 Å². The van der Waals surface area contributed by atoms with Gasteiger partial charge in [-0.25, -0.2) is 4.79 Å². The third kappa shape index (κ3) is 1.65. The molecule has 0 aliphatic carbocycles. The van der Waals surface area contributed by atoms with Crippen LogP contribution in [0.1, 0.15) is 22.5 Å². The Hall–Kier alpha value is -1.29. The van der Waals surface area contributed by atoms with E-state index in [0.29, 0.717) is 5.69 Å². The molecular weight excluding hydrogens is 180 g/mol. The van der Waals surface area contributed by atoms with Crippen molar-refractivity contribution in [2.45, 2.75) is 13.0 Å². The Kier molecular flexibility index (Phi) is 2.29. The van der Waals surface area contributed by atoms with Crippen LogP contribution < -0.4 is 0 Å². The maximum atomic E-state index is 10.8. The van der Waals surface area contributed by atoms with Gasteiger partial charge in [0.15, 0.2) is 0 Å². The van der Waals surface area contributed by atoms with Gasteiger partial charge in [-0.3, -0.25) is 4.90 Å². The summed E-state index contributed by atoms with van der Waals surface area (Å²) >= 11 is 0. The summed E-state index contributed by atoms with van der Waals surface area (Å²) in [6.07, 6.45) is 3.15. The highest BCUT2D eigenvalue weighted by atomic mass is 16.4. The average Bonchev–Trinajstić information content (AvgIpc) is 2.39. The average molecular weight is 194 g/mol. The van der Waals surface area contributed by atoms with Gasteiger partial charge in [0.2, 0.25) is 0 Å². The van der Waals surface area contributed by atoms with Crippen LogP contribution in [0, 0.1) is 0 Å². The lowest BCUT2D eigenvalue weighted by molar-refractivity contribution is 0.0686. The lowest BCUT2D eigenvalue weighted by Crippen LogP contribution is -2.36. The Balaban J connectivity index is 2.10. The minimum absolute atomic E-state index is 0.362. The summed E-state index contributed by atoms with van der Waals surface area (Å²) in [6, 6.07) is 1.75. The molecule has 0 bridgehead atoms. The fourth-order valence-electron chi connectivity index (χ4n) is 1.73. The summed E-state index contributed by atoms with van der Waals surface area (Å²) in [6.45, 7) is 3.15. The van der Waals surface area contributed by atoms with E-state index < -0.39 is 5.97 Å². The molecule has 4 nitrogen and oxygen atoms in total. The Morgan fingerprint density at radius 2 is 2.29 bits per heavy atom. The quantitative estimate of drug-likeness (QED) is 0.778. The van der Waals surface area contributed by atoms with E-state index in [1.165, 1.54) is 6.42 Å². The maximum absolute atomic E-state index is 10.8. The number of carbonyl (C=O) groups is 1. The molecule has 1 N–H and O–H groups in total. The molecule has 0 atom stereocenters. The lowest BCUT2D eigenvalue weighted by atomic mass is 10.2. The molecule has 0 spiro atoms. The number of likely N-dealkylation sites (tertiary alicyclic amines) is 1. The molecule has 1 aliphatic heterocycles. The number of aryl methyl sites for hydroxylation is 1. The van der Waals surface area contributed by atoms with Gasteiger partial charge in [-0.05, 0) is 31.1 Å². The van der Waals surface area contributed by atoms with Crippen molar-refractivity contribution in [1.82, 2.24) is 9.47 Å². The molecule has 76 valence electrons. The third-order valence-corrected chi connectivity index (χ3v) is 2.64. The zero-order valence-corrected chi connectivity index (χ0v) is 8.23. The first kappa shape index (κ1) is 9.27. The van der Waals surface area contributed by atoms with Gasteiger partial charge >= 0.3 is 5.97 Å². The number of carboxylic acids is 1. The van der Waals surface area contributed by atoms with Crippen LogP contribution in [0.15, 0.2) is 12.3 Å². The van der Waals surface area contributed by atoms with Crippen molar-refractivity contribution in [3.05, 3.63) is 23.5 Å². The van der Waals surface area contributed by atoms with E-state index >= 15 is 0 Å². The Labute approximate surface area is 82.7 Å². The standard InChI is InChI=1S/C10H14N2O2/c1-11-6-8(5-9(11)10(13)14)7-12-3-2-4-12/h5-6H,2-4,7H2,1H3,(H,13,14). The number of rotatable bonds is 3. The Morgan fingerprint density at radius 3 is 2.71 bits per heavy atom. The number of aromatic carboxylic acids is 1. The summed E-state index contributed by atoms with van der Waals surface area (Å²) in [5.74, 6) is -0.859. The zero-order valence-electron chi connectivity index (χ0n) is 8.23. The molecule has 0 aromatic carbocycles. The van der Waals surface area contributed by atoms with E-state index in [1.807, 2.05) is 6.20 Å². The van der Waals surface area contributed by atoms with Crippen LogP contribution in [0.2, 0.25) is 0 Å². The SMILES string of the molecule is Cn1cc(CN2CCC2)cc1C(=O)O. The number of hydrogen-bond acceptors (Lipinski definition) is 2. The van der Waals surface area contributed by atoms with Crippen LogP contribution in [0.5, 0.6) is 0 Å². The van der Waals surface area contributed by atoms with E-state index in [0.717, 1.165) is 25.2 Å². The van der Waals surface area contributed by atoms with Gasteiger partial charge in [-0.15, -0.1) is 0 Å². The second kappa shape index (κ2) is 3.46. The molecule has 2 heterocycles. The summed E-state index contributed by atoms with van der Waals surface area (Å²) in [4.78, 5) is 13.1. The van der Waals surface area contributed by atoms with Gasteiger partial charge < -0.3 is 9.67 Å². The predicted octanol–water partition coefficient (Wildman–Crippen LogP) is 0.929. The first-order valence-corrected chi connectivity index (χ1v) is 4.78. The summed E-state index contributed by atoms with van der Waals surface area (Å²) < 4.78 is 1.66. The van der Waals surface area contributed by atoms with Crippen molar-refractivity contribution in [3.8, 4) is 0 Å². The third-order valence-electron chi connectivity index (χ3n) is 2.64. The summed E-state index contributed by atoms with van der Waals surface area (Å²) in [5, 5.41) is 8.85. The van der Waals surface area contributed by atoms with Crippen LogP contribution >= 0.6 is 0 Å². The molecule has 4 heteroatoms. The normalized spacial score (nSPS) is 16.6. The minimum Gasteiger partial charge on any atom is -0.477 e. The molecule has 1 aromatic heterocycles. The van der Waals surface area contributed by atoms with Crippen molar-refractivity contribution in [2.24, 2.45) is 7.05 Å². The van der Waals surface area contributed by atoms with Gasteiger partial charge in [-0.1, -0.05) is 0 Å². The molecule has 1 saturated heterocycles. The smallest absolute Gasteiger partial charge is 0.352 e. The van der Waals surface area contributed by atoms with Crippen molar-refractivity contribution < 1.29 is 9.90 Å². The number of carboxylic acid groups (broad SMARTS) is 1. The van der Waals surface area contributed by atoms with Gasteiger partial charge in [0.1, 0.15) is 5.69 Å². The van der Waals surface area contributed by atoms with Crippen LogP contribution in [0.4, 0.5) is 0 Å². The topological polar surface area (TPSA) is 45.5 Å². The van der Waals surface area contributed by atoms with Crippen molar-refractivity contribution in [3.63, 3.8) is 0 Å². The predicted molar refractivity (Wildman–Crippen MR) is 52.3 cm³/mol. The van der Waals surface area contributed by atoms with Crippen LogP contribution in [-0.2, 0) is 13.6 Å². The zero-order chi connectivity index (χ0) is 10.1. The van der Waals surface area contributed by atoms with E-state index in [4.69, 9.17) is 5.11 Å². The summed E-state index contributed by atoms with van der Waals surface area (Å²) in [5.41, 5.74) is 1.45. The maximum Gasteiger partial charge on any atom is 0.352 e. The highest BCUT2D eigenvalue weighted by Gasteiger charge is 2.16. The van der Waals surface area contributed by atoms with E-state index in [2.05, 4.69) is 4.90 Å². The molecule has 1 aromatic rings. The van der Waals surface area contributed by atoms with Crippen LogP contribution in [-0.4, -0.2) is 33.6 Å². The minimum atomic E-state index is -0.859. The molecule has 0 radical (unpaired) electrons. The number of aromatic nitrogens is 1. The number of hydrogen-bond donors (Lipinski definition) is 1. The molecule has 0 saturated carbocycles.